The first-order valence-electron chi connectivity index (χ1n) is 5.02. The van der Waals surface area contributed by atoms with Crippen molar-refractivity contribution in [2.24, 2.45) is 0 Å². The van der Waals surface area contributed by atoms with Crippen LogP contribution in [0.3, 0.4) is 0 Å². The number of nitrogens with one attached hydrogen (secondary N) is 1. The summed E-state index contributed by atoms with van der Waals surface area (Å²) in [5.74, 6) is -0.913. The van der Waals surface area contributed by atoms with E-state index in [9.17, 15) is 4.79 Å². The van der Waals surface area contributed by atoms with Crippen LogP contribution in [0.25, 0.3) is 0 Å². The lowest BCUT2D eigenvalue weighted by Gasteiger charge is -2.25. The highest BCUT2D eigenvalue weighted by molar-refractivity contribution is 9.10. The molecule has 1 aromatic carbocycles. The molecule has 4 nitrogen and oxygen atoms in total. The van der Waals surface area contributed by atoms with E-state index in [1.165, 1.54) is 0 Å². The highest BCUT2D eigenvalue weighted by atomic mass is 79.9. The maximum atomic E-state index is 11.1. The molecule has 0 bridgehead atoms. The van der Waals surface area contributed by atoms with Gasteiger partial charge in [0.05, 0.1) is 24.8 Å². The van der Waals surface area contributed by atoms with Gasteiger partial charge in [0.2, 0.25) is 0 Å². The molecule has 2 N–H and O–H groups in total. The van der Waals surface area contributed by atoms with Gasteiger partial charge in [-0.05, 0) is 17.7 Å². The van der Waals surface area contributed by atoms with Crippen molar-refractivity contribution in [2.75, 3.05) is 19.8 Å². The van der Waals surface area contributed by atoms with Gasteiger partial charge in [0.25, 0.3) is 0 Å². The van der Waals surface area contributed by atoms with E-state index < -0.39 is 5.97 Å². The molecule has 0 radical (unpaired) electrons. The Kier molecular flexibility index (Phi) is 3.58. The molecular formula is C11H12BrNO3. The minimum atomic E-state index is -0.913. The Hall–Kier alpha value is -0.910. The fourth-order valence-corrected chi connectivity index (χ4v) is 2.14. The number of ether oxygens (including phenoxy) is 1. The van der Waals surface area contributed by atoms with Crippen LogP contribution in [-0.2, 0) is 4.74 Å². The van der Waals surface area contributed by atoms with E-state index in [2.05, 4.69) is 21.2 Å². The van der Waals surface area contributed by atoms with Gasteiger partial charge >= 0.3 is 5.97 Å². The summed E-state index contributed by atoms with van der Waals surface area (Å²) in [5.41, 5.74) is 1.09. The van der Waals surface area contributed by atoms with Crippen molar-refractivity contribution in [1.82, 2.24) is 5.32 Å². The predicted octanol–water partition coefficient (Wildman–Crippen LogP) is 1.81. The van der Waals surface area contributed by atoms with Crippen molar-refractivity contribution >= 4 is 21.9 Å². The van der Waals surface area contributed by atoms with Gasteiger partial charge in [-0.15, -0.1) is 0 Å². The van der Waals surface area contributed by atoms with Crippen LogP contribution in [0.2, 0.25) is 0 Å². The van der Waals surface area contributed by atoms with Crippen molar-refractivity contribution in [3.63, 3.8) is 0 Å². The van der Waals surface area contributed by atoms with Crippen LogP contribution >= 0.6 is 15.9 Å². The number of carboxylic acids is 1. The number of carbonyl (C=O) groups is 1. The lowest BCUT2D eigenvalue weighted by Crippen LogP contribution is -2.35. The highest BCUT2D eigenvalue weighted by Gasteiger charge is 2.21. The molecule has 1 aromatic rings. The third-order valence-corrected chi connectivity index (χ3v) is 3.04. The van der Waals surface area contributed by atoms with Crippen LogP contribution < -0.4 is 5.32 Å². The quantitative estimate of drug-likeness (QED) is 0.870. The first-order valence-corrected chi connectivity index (χ1v) is 5.81. The molecule has 1 saturated heterocycles. The average molecular weight is 286 g/mol. The molecule has 0 amide bonds. The first-order chi connectivity index (χ1) is 7.68. The fraction of sp³-hybridized carbons (Fsp3) is 0.364. The first kappa shape index (κ1) is 11.6. The molecule has 0 aromatic heterocycles. The zero-order valence-corrected chi connectivity index (χ0v) is 10.2. The van der Waals surface area contributed by atoms with Crippen LogP contribution in [0.1, 0.15) is 22.0 Å². The van der Waals surface area contributed by atoms with Crippen molar-refractivity contribution in [1.29, 1.82) is 0 Å². The van der Waals surface area contributed by atoms with Gasteiger partial charge in [0, 0.05) is 11.0 Å². The Bertz CT molecular complexity index is 402. The van der Waals surface area contributed by atoms with E-state index in [1.54, 1.807) is 6.07 Å². The monoisotopic (exact) mass is 285 g/mol. The molecule has 1 fully saturated rings. The Morgan fingerprint density at radius 2 is 2.38 bits per heavy atom. The minimum absolute atomic E-state index is 0.0343. The molecule has 16 heavy (non-hydrogen) atoms. The molecule has 0 saturated carbocycles. The zero-order chi connectivity index (χ0) is 11.5. The SMILES string of the molecule is O=C(O)c1cc(Br)ccc1[C@H]1COCCN1. The summed E-state index contributed by atoms with van der Waals surface area (Å²) in [7, 11) is 0. The third kappa shape index (κ3) is 2.42. The Morgan fingerprint density at radius 3 is 3.00 bits per heavy atom. The molecule has 1 heterocycles. The predicted molar refractivity (Wildman–Crippen MR) is 62.7 cm³/mol. The topological polar surface area (TPSA) is 58.6 Å². The fourth-order valence-electron chi connectivity index (χ4n) is 1.78. The second kappa shape index (κ2) is 4.95. The number of halogens is 1. The zero-order valence-electron chi connectivity index (χ0n) is 8.57. The number of hydrogen-bond acceptors (Lipinski definition) is 3. The largest absolute Gasteiger partial charge is 0.478 e. The standard InChI is InChI=1S/C11H12BrNO3/c12-7-1-2-8(9(5-7)11(14)15)10-6-16-4-3-13-10/h1-2,5,10,13H,3-4,6H2,(H,14,15)/t10-/m1/s1. The minimum Gasteiger partial charge on any atom is -0.478 e. The third-order valence-electron chi connectivity index (χ3n) is 2.54. The molecule has 0 unspecified atom stereocenters. The molecule has 0 aliphatic carbocycles. The maximum absolute atomic E-state index is 11.1. The van der Waals surface area contributed by atoms with Gasteiger partial charge in [-0.1, -0.05) is 22.0 Å². The van der Waals surface area contributed by atoms with Gasteiger partial charge in [0.1, 0.15) is 0 Å². The number of carboxylic acid groups (broad SMARTS) is 1. The highest BCUT2D eigenvalue weighted by Crippen LogP contribution is 2.23. The van der Waals surface area contributed by atoms with Crippen molar-refractivity contribution < 1.29 is 14.6 Å². The maximum Gasteiger partial charge on any atom is 0.336 e. The second-order valence-corrected chi connectivity index (χ2v) is 4.53. The van der Waals surface area contributed by atoms with Gasteiger partial charge < -0.3 is 15.2 Å². The molecule has 1 atom stereocenters. The van der Waals surface area contributed by atoms with Crippen LogP contribution in [0.4, 0.5) is 0 Å². The Morgan fingerprint density at radius 1 is 1.56 bits per heavy atom. The van der Waals surface area contributed by atoms with Crippen molar-refractivity contribution in [3.05, 3.63) is 33.8 Å². The number of hydrogen-bond donors (Lipinski definition) is 2. The molecular weight excluding hydrogens is 274 g/mol. The lowest BCUT2D eigenvalue weighted by atomic mass is 10.0. The molecule has 0 spiro atoms. The van der Waals surface area contributed by atoms with Crippen LogP contribution in [0.5, 0.6) is 0 Å². The number of aromatic carboxylic acids is 1. The normalized spacial score (nSPS) is 20.7. The lowest BCUT2D eigenvalue weighted by molar-refractivity contribution is 0.0673. The molecule has 5 heteroatoms. The van der Waals surface area contributed by atoms with Crippen LogP contribution in [-0.4, -0.2) is 30.8 Å². The summed E-state index contributed by atoms with van der Waals surface area (Å²) in [5, 5.41) is 12.4. The number of morpholine rings is 1. The van der Waals surface area contributed by atoms with Crippen LogP contribution in [0.15, 0.2) is 22.7 Å². The van der Waals surface area contributed by atoms with E-state index in [4.69, 9.17) is 9.84 Å². The van der Waals surface area contributed by atoms with Gasteiger partial charge in [0.15, 0.2) is 0 Å². The van der Waals surface area contributed by atoms with Crippen LogP contribution in [0, 0.1) is 0 Å². The average Bonchev–Trinajstić information content (AvgIpc) is 2.30. The second-order valence-electron chi connectivity index (χ2n) is 3.62. The Labute approximate surface area is 102 Å². The van der Waals surface area contributed by atoms with Crippen molar-refractivity contribution in [2.45, 2.75) is 6.04 Å². The molecule has 1 aliphatic heterocycles. The molecule has 86 valence electrons. The van der Waals surface area contributed by atoms with E-state index in [0.717, 1.165) is 16.6 Å². The van der Waals surface area contributed by atoms with Crippen molar-refractivity contribution in [3.8, 4) is 0 Å². The smallest absolute Gasteiger partial charge is 0.336 e. The summed E-state index contributed by atoms with van der Waals surface area (Å²) >= 11 is 3.27. The summed E-state index contributed by atoms with van der Waals surface area (Å²) in [4.78, 5) is 11.1. The van der Waals surface area contributed by atoms with E-state index in [0.29, 0.717) is 18.8 Å². The Balaban J connectivity index is 2.34. The number of benzene rings is 1. The summed E-state index contributed by atoms with van der Waals surface area (Å²) in [6.45, 7) is 1.94. The van der Waals surface area contributed by atoms with E-state index >= 15 is 0 Å². The summed E-state index contributed by atoms with van der Waals surface area (Å²) in [6, 6.07) is 5.25. The van der Waals surface area contributed by atoms with Gasteiger partial charge in [-0.3, -0.25) is 0 Å². The molecule has 1 aliphatic rings. The number of rotatable bonds is 2. The molecule has 2 rings (SSSR count). The van der Waals surface area contributed by atoms with Gasteiger partial charge in [-0.2, -0.15) is 0 Å². The summed E-state index contributed by atoms with van der Waals surface area (Å²) < 4.78 is 6.10. The van der Waals surface area contributed by atoms with E-state index in [1.807, 2.05) is 12.1 Å². The van der Waals surface area contributed by atoms with E-state index in [-0.39, 0.29) is 6.04 Å². The summed E-state index contributed by atoms with van der Waals surface area (Å²) in [6.07, 6.45) is 0. The van der Waals surface area contributed by atoms with Gasteiger partial charge in [-0.25, -0.2) is 4.79 Å².